The van der Waals surface area contributed by atoms with Crippen LogP contribution in [0.2, 0.25) is 0 Å². The summed E-state index contributed by atoms with van der Waals surface area (Å²) in [7, 11) is 0. The number of hydrogen-bond acceptors (Lipinski definition) is 2. The van der Waals surface area contributed by atoms with Gasteiger partial charge in [-0.25, -0.2) is 0 Å². The maximum atomic E-state index is 12.6. The quantitative estimate of drug-likeness (QED) is 0.842. The maximum Gasteiger partial charge on any atom is 0.263 e. The van der Waals surface area contributed by atoms with Crippen LogP contribution in [0.4, 0.5) is 0 Å². The van der Waals surface area contributed by atoms with Crippen molar-refractivity contribution in [3.63, 3.8) is 0 Å². The van der Waals surface area contributed by atoms with Crippen LogP contribution < -0.4 is 4.74 Å². The molecule has 3 nitrogen and oxygen atoms in total. The Morgan fingerprint density at radius 2 is 1.81 bits per heavy atom. The number of hydrogen-bond donors (Lipinski definition) is 0. The molecular formula is C18H27NO2. The highest BCUT2D eigenvalue weighted by Gasteiger charge is 2.25. The van der Waals surface area contributed by atoms with Gasteiger partial charge in [0.05, 0.1) is 0 Å². The molecule has 2 rings (SSSR count). The molecule has 0 saturated carbocycles. The van der Waals surface area contributed by atoms with Crippen molar-refractivity contribution in [1.82, 2.24) is 4.90 Å². The van der Waals surface area contributed by atoms with Crippen LogP contribution >= 0.6 is 0 Å². The van der Waals surface area contributed by atoms with E-state index in [1.165, 1.54) is 24.0 Å². The normalized spacial score (nSPS) is 17.2. The van der Waals surface area contributed by atoms with Gasteiger partial charge < -0.3 is 9.64 Å². The first-order chi connectivity index (χ1) is 10.1. The molecule has 1 amide bonds. The predicted molar refractivity (Wildman–Crippen MR) is 85.7 cm³/mol. The minimum absolute atomic E-state index is 0.151. The van der Waals surface area contributed by atoms with Crippen molar-refractivity contribution in [1.29, 1.82) is 0 Å². The van der Waals surface area contributed by atoms with Crippen LogP contribution in [0.15, 0.2) is 18.2 Å². The van der Waals surface area contributed by atoms with Gasteiger partial charge in [-0.15, -0.1) is 0 Å². The molecule has 0 spiro atoms. The Kier molecular flexibility index (Phi) is 5.66. The van der Waals surface area contributed by atoms with Gasteiger partial charge in [0, 0.05) is 13.1 Å². The second kappa shape index (κ2) is 7.48. The van der Waals surface area contributed by atoms with E-state index in [4.69, 9.17) is 4.74 Å². The summed E-state index contributed by atoms with van der Waals surface area (Å²) >= 11 is 0. The first-order valence-electron chi connectivity index (χ1n) is 8.14. The fourth-order valence-corrected chi connectivity index (χ4v) is 2.75. The Balaban J connectivity index is 2.04. The highest BCUT2D eigenvalue weighted by atomic mass is 16.5. The van der Waals surface area contributed by atoms with Gasteiger partial charge in [-0.05, 0) is 56.4 Å². The van der Waals surface area contributed by atoms with Gasteiger partial charge in [-0.3, -0.25) is 4.79 Å². The van der Waals surface area contributed by atoms with E-state index in [0.717, 1.165) is 31.7 Å². The zero-order valence-corrected chi connectivity index (χ0v) is 13.5. The molecular weight excluding hydrogens is 262 g/mol. The number of benzene rings is 1. The molecule has 0 aliphatic carbocycles. The van der Waals surface area contributed by atoms with E-state index in [0.29, 0.717) is 6.42 Å². The third kappa shape index (κ3) is 4.23. The van der Waals surface area contributed by atoms with Gasteiger partial charge in [-0.2, -0.15) is 0 Å². The Morgan fingerprint density at radius 3 is 2.38 bits per heavy atom. The summed E-state index contributed by atoms with van der Waals surface area (Å²) < 4.78 is 5.96. The van der Waals surface area contributed by atoms with Gasteiger partial charge in [0.2, 0.25) is 0 Å². The van der Waals surface area contributed by atoms with Gasteiger partial charge in [0.25, 0.3) is 5.91 Å². The van der Waals surface area contributed by atoms with Crippen molar-refractivity contribution in [3.05, 3.63) is 29.3 Å². The molecule has 1 heterocycles. The fraction of sp³-hybridized carbons (Fsp3) is 0.611. The van der Waals surface area contributed by atoms with Gasteiger partial charge >= 0.3 is 0 Å². The SMILES string of the molecule is CC[C@@H](Oc1ccc(C)c(C)c1)C(=O)N1CCCCCC1. The summed E-state index contributed by atoms with van der Waals surface area (Å²) in [6.07, 6.45) is 5.06. The third-order valence-electron chi connectivity index (χ3n) is 4.32. The molecule has 21 heavy (non-hydrogen) atoms. The van der Waals surface area contributed by atoms with E-state index in [1.54, 1.807) is 0 Å². The van der Waals surface area contributed by atoms with E-state index < -0.39 is 0 Å². The number of aryl methyl sites for hydroxylation is 2. The van der Waals surface area contributed by atoms with E-state index in [-0.39, 0.29) is 12.0 Å². The molecule has 1 saturated heterocycles. The summed E-state index contributed by atoms with van der Waals surface area (Å²) in [5, 5.41) is 0. The first kappa shape index (κ1) is 15.9. The number of amides is 1. The average molecular weight is 289 g/mol. The van der Waals surface area contributed by atoms with Crippen LogP contribution in [0.25, 0.3) is 0 Å². The monoisotopic (exact) mass is 289 g/mol. The smallest absolute Gasteiger partial charge is 0.263 e. The van der Waals surface area contributed by atoms with Crippen molar-refractivity contribution in [2.45, 2.75) is 59.0 Å². The lowest BCUT2D eigenvalue weighted by atomic mass is 10.1. The van der Waals surface area contributed by atoms with Gasteiger partial charge in [0.1, 0.15) is 5.75 Å². The van der Waals surface area contributed by atoms with Crippen LogP contribution in [0, 0.1) is 13.8 Å². The Labute approximate surface area is 128 Å². The van der Waals surface area contributed by atoms with Crippen LogP contribution in [0.1, 0.15) is 50.2 Å². The summed E-state index contributed by atoms with van der Waals surface area (Å²) in [4.78, 5) is 14.6. The number of likely N-dealkylation sites (tertiary alicyclic amines) is 1. The average Bonchev–Trinajstić information content (AvgIpc) is 2.77. The molecule has 1 fully saturated rings. The zero-order chi connectivity index (χ0) is 15.2. The van der Waals surface area contributed by atoms with E-state index in [2.05, 4.69) is 13.8 Å². The summed E-state index contributed by atoms with van der Waals surface area (Å²) in [6, 6.07) is 6.03. The number of nitrogens with zero attached hydrogens (tertiary/aromatic N) is 1. The van der Waals surface area contributed by atoms with E-state index >= 15 is 0 Å². The van der Waals surface area contributed by atoms with Crippen LogP contribution in [-0.2, 0) is 4.79 Å². The molecule has 0 aromatic heterocycles. The lowest BCUT2D eigenvalue weighted by molar-refractivity contribution is -0.138. The lowest BCUT2D eigenvalue weighted by Crippen LogP contribution is -2.42. The summed E-state index contributed by atoms with van der Waals surface area (Å²) in [6.45, 7) is 7.93. The molecule has 0 bridgehead atoms. The second-order valence-electron chi connectivity index (χ2n) is 6.00. The van der Waals surface area contributed by atoms with Crippen LogP contribution in [-0.4, -0.2) is 30.0 Å². The third-order valence-corrected chi connectivity index (χ3v) is 4.32. The van der Waals surface area contributed by atoms with Crippen LogP contribution in [0.5, 0.6) is 5.75 Å². The molecule has 0 N–H and O–H groups in total. The number of rotatable bonds is 4. The zero-order valence-electron chi connectivity index (χ0n) is 13.5. The molecule has 116 valence electrons. The highest BCUT2D eigenvalue weighted by Crippen LogP contribution is 2.20. The van der Waals surface area contributed by atoms with Gasteiger partial charge in [0.15, 0.2) is 6.10 Å². The fourth-order valence-electron chi connectivity index (χ4n) is 2.75. The van der Waals surface area contributed by atoms with E-state index in [1.807, 2.05) is 30.0 Å². The topological polar surface area (TPSA) is 29.5 Å². The molecule has 1 aliphatic heterocycles. The molecule has 1 aromatic rings. The standard InChI is InChI=1S/C18H27NO2/c1-4-17(18(20)19-11-7-5-6-8-12-19)21-16-10-9-14(2)15(3)13-16/h9-10,13,17H,4-8,11-12H2,1-3H3/t17-/m1/s1. The molecule has 1 aromatic carbocycles. The minimum atomic E-state index is -0.356. The highest BCUT2D eigenvalue weighted by molar-refractivity contribution is 5.81. The predicted octanol–water partition coefficient (Wildman–Crippen LogP) is 3.86. The van der Waals surface area contributed by atoms with Crippen molar-refractivity contribution >= 4 is 5.91 Å². The Morgan fingerprint density at radius 1 is 1.14 bits per heavy atom. The molecule has 3 heteroatoms. The Bertz CT molecular complexity index is 476. The first-order valence-corrected chi connectivity index (χ1v) is 8.14. The van der Waals surface area contributed by atoms with Crippen molar-refractivity contribution < 1.29 is 9.53 Å². The maximum absolute atomic E-state index is 12.6. The second-order valence-corrected chi connectivity index (χ2v) is 6.00. The number of carbonyl (C=O) groups is 1. The van der Waals surface area contributed by atoms with E-state index in [9.17, 15) is 4.79 Å². The van der Waals surface area contributed by atoms with Gasteiger partial charge in [-0.1, -0.05) is 25.8 Å². The number of ether oxygens (including phenoxy) is 1. The minimum Gasteiger partial charge on any atom is -0.481 e. The molecule has 1 aliphatic rings. The Hall–Kier alpha value is -1.51. The molecule has 1 atom stereocenters. The largest absolute Gasteiger partial charge is 0.481 e. The van der Waals surface area contributed by atoms with Crippen LogP contribution in [0.3, 0.4) is 0 Å². The lowest BCUT2D eigenvalue weighted by Gasteiger charge is -2.26. The summed E-state index contributed by atoms with van der Waals surface area (Å²) in [5.74, 6) is 0.950. The molecule has 0 radical (unpaired) electrons. The van der Waals surface area contributed by atoms with Crippen molar-refractivity contribution in [3.8, 4) is 5.75 Å². The number of carbonyl (C=O) groups excluding carboxylic acids is 1. The van der Waals surface area contributed by atoms with Crippen molar-refractivity contribution in [2.24, 2.45) is 0 Å². The van der Waals surface area contributed by atoms with Crippen molar-refractivity contribution in [2.75, 3.05) is 13.1 Å². The summed E-state index contributed by atoms with van der Waals surface area (Å²) in [5.41, 5.74) is 2.44. The molecule has 0 unspecified atom stereocenters.